The first-order valence-electron chi connectivity index (χ1n) is 5.70. The van der Waals surface area contributed by atoms with Gasteiger partial charge in [0.15, 0.2) is 0 Å². The molecule has 0 aliphatic heterocycles. The molecule has 0 radical (unpaired) electrons. The summed E-state index contributed by atoms with van der Waals surface area (Å²) in [5, 5.41) is 11.6. The van der Waals surface area contributed by atoms with Crippen LogP contribution in [0.4, 0.5) is 0 Å². The van der Waals surface area contributed by atoms with Gasteiger partial charge < -0.3 is 10.4 Å². The molecule has 1 aliphatic rings. The predicted molar refractivity (Wildman–Crippen MR) is 60.9 cm³/mol. The molecule has 1 rings (SSSR count). The molecule has 4 nitrogen and oxygen atoms in total. The molecule has 0 heterocycles. The number of carbonyl (C=O) groups excluding carboxylic acids is 1. The Morgan fingerprint density at radius 2 is 2.06 bits per heavy atom. The molecule has 0 aromatic heterocycles. The summed E-state index contributed by atoms with van der Waals surface area (Å²) in [5.74, 6) is -1.45. The van der Waals surface area contributed by atoms with Gasteiger partial charge in [-0.3, -0.25) is 9.59 Å². The fraction of sp³-hybridized carbons (Fsp3) is 0.667. The second-order valence-electron chi connectivity index (χ2n) is 4.41. The number of nitrogens with one attached hydrogen (secondary N) is 1. The van der Waals surface area contributed by atoms with Crippen LogP contribution in [0.5, 0.6) is 0 Å². The minimum Gasteiger partial charge on any atom is -0.481 e. The zero-order valence-electron chi connectivity index (χ0n) is 9.77. The Hall–Kier alpha value is -1.32. The first-order valence-corrected chi connectivity index (χ1v) is 5.70. The smallest absolute Gasteiger partial charge is 0.308 e. The molecule has 0 aromatic carbocycles. The standard InChI is InChI=1S/C12H19NO3/c1-8(12(15)16)9(2)13-11(14)10-6-4-3-5-7-10/h3-4,8-10H,5-7H2,1-2H3,(H,13,14)(H,15,16). The van der Waals surface area contributed by atoms with Crippen molar-refractivity contribution in [2.75, 3.05) is 0 Å². The molecule has 3 atom stereocenters. The van der Waals surface area contributed by atoms with Gasteiger partial charge in [-0.05, 0) is 33.1 Å². The van der Waals surface area contributed by atoms with E-state index in [2.05, 4.69) is 11.4 Å². The van der Waals surface area contributed by atoms with Gasteiger partial charge in [0.1, 0.15) is 0 Å². The normalized spacial score (nSPS) is 23.5. The van der Waals surface area contributed by atoms with Gasteiger partial charge >= 0.3 is 5.97 Å². The van der Waals surface area contributed by atoms with Gasteiger partial charge in [-0.15, -0.1) is 0 Å². The topological polar surface area (TPSA) is 66.4 Å². The number of carboxylic acids is 1. The van der Waals surface area contributed by atoms with Crippen LogP contribution in [0.15, 0.2) is 12.2 Å². The molecule has 0 saturated heterocycles. The summed E-state index contributed by atoms with van der Waals surface area (Å²) in [4.78, 5) is 22.5. The molecule has 0 spiro atoms. The van der Waals surface area contributed by atoms with Crippen molar-refractivity contribution in [2.24, 2.45) is 11.8 Å². The number of hydrogen-bond acceptors (Lipinski definition) is 2. The fourth-order valence-corrected chi connectivity index (χ4v) is 1.71. The zero-order valence-corrected chi connectivity index (χ0v) is 9.77. The molecule has 3 unspecified atom stereocenters. The van der Waals surface area contributed by atoms with Gasteiger partial charge in [-0.2, -0.15) is 0 Å². The molecule has 0 aromatic rings. The van der Waals surface area contributed by atoms with Crippen LogP contribution in [0.25, 0.3) is 0 Å². The van der Waals surface area contributed by atoms with Crippen molar-refractivity contribution in [3.05, 3.63) is 12.2 Å². The van der Waals surface area contributed by atoms with E-state index < -0.39 is 11.9 Å². The van der Waals surface area contributed by atoms with E-state index >= 15 is 0 Å². The van der Waals surface area contributed by atoms with Gasteiger partial charge in [0, 0.05) is 12.0 Å². The third-order valence-corrected chi connectivity index (χ3v) is 3.15. The minimum absolute atomic E-state index is 0.00782. The molecule has 0 fully saturated rings. The van der Waals surface area contributed by atoms with Crippen LogP contribution in [-0.4, -0.2) is 23.0 Å². The summed E-state index contributed by atoms with van der Waals surface area (Å²) in [5.41, 5.74) is 0. The van der Waals surface area contributed by atoms with Crippen LogP contribution in [-0.2, 0) is 9.59 Å². The first-order chi connectivity index (χ1) is 7.52. The van der Waals surface area contributed by atoms with Crippen molar-refractivity contribution >= 4 is 11.9 Å². The lowest BCUT2D eigenvalue weighted by Crippen LogP contribution is -2.43. The highest BCUT2D eigenvalue weighted by molar-refractivity contribution is 5.80. The summed E-state index contributed by atoms with van der Waals surface area (Å²) < 4.78 is 0. The molecular formula is C12H19NO3. The first kappa shape index (κ1) is 12.7. The maximum Gasteiger partial charge on any atom is 0.308 e. The highest BCUT2D eigenvalue weighted by Crippen LogP contribution is 2.18. The SMILES string of the molecule is CC(NC(=O)C1CC=CCC1)C(C)C(=O)O. The van der Waals surface area contributed by atoms with E-state index in [4.69, 9.17) is 5.11 Å². The van der Waals surface area contributed by atoms with Crippen molar-refractivity contribution < 1.29 is 14.7 Å². The summed E-state index contributed by atoms with van der Waals surface area (Å²) in [7, 11) is 0. The summed E-state index contributed by atoms with van der Waals surface area (Å²) in [6.45, 7) is 3.34. The number of carboxylic acid groups (broad SMARTS) is 1. The quantitative estimate of drug-likeness (QED) is 0.714. The van der Waals surface area contributed by atoms with E-state index in [1.165, 1.54) is 0 Å². The van der Waals surface area contributed by atoms with E-state index in [-0.39, 0.29) is 17.9 Å². The van der Waals surface area contributed by atoms with Crippen LogP contribution < -0.4 is 5.32 Å². The van der Waals surface area contributed by atoms with Gasteiger partial charge in [0.05, 0.1) is 5.92 Å². The van der Waals surface area contributed by atoms with Crippen LogP contribution in [0, 0.1) is 11.8 Å². The van der Waals surface area contributed by atoms with Gasteiger partial charge in [-0.1, -0.05) is 12.2 Å². The van der Waals surface area contributed by atoms with Gasteiger partial charge in [0.2, 0.25) is 5.91 Å². The van der Waals surface area contributed by atoms with Crippen LogP contribution in [0.3, 0.4) is 0 Å². The average molecular weight is 225 g/mol. The number of aliphatic carboxylic acids is 1. The molecule has 90 valence electrons. The maximum absolute atomic E-state index is 11.8. The highest BCUT2D eigenvalue weighted by Gasteiger charge is 2.24. The Labute approximate surface area is 95.7 Å². The third kappa shape index (κ3) is 3.36. The number of amides is 1. The van der Waals surface area contributed by atoms with Crippen LogP contribution in [0.2, 0.25) is 0 Å². The van der Waals surface area contributed by atoms with E-state index in [0.29, 0.717) is 0 Å². The lowest BCUT2D eigenvalue weighted by atomic mass is 9.93. The van der Waals surface area contributed by atoms with Gasteiger partial charge in [-0.25, -0.2) is 0 Å². The molecule has 1 amide bonds. The molecule has 2 N–H and O–H groups in total. The Bertz CT molecular complexity index is 299. The van der Waals surface area contributed by atoms with Crippen molar-refractivity contribution in [1.29, 1.82) is 0 Å². The molecule has 0 saturated carbocycles. The lowest BCUT2D eigenvalue weighted by molar-refractivity contribution is -0.142. The largest absolute Gasteiger partial charge is 0.481 e. The minimum atomic E-state index is -0.878. The maximum atomic E-state index is 11.8. The molecular weight excluding hydrogens is 206 g/mol. The van der Waals surface area contributed by atoms with Crippen molar-refractivity contribution in [3.8, 4) is 0 Å². The Morgan fingerprint density at radius 1 is 1.38 bits per heavy atom. The highest BCUT2D eigenvalue weighted by atomic mass is 16.4. The Morgan fingerprint density at radius 3 is 2.56 bits per heavy atom. The second-order valence-corrected chi connectivity index (χ2v) is 4.41. The third-order valence-electron chi connectivity index (χ3n) is 3.15. The number of carbonyl (C=O) groups is 2. The van der Waals surface area contributed by atoms with Crippen molar-refractivity contribution in [1.82, 2.24) is 5.32 Å². The Balaban J connectivity index is 2.44. The molecule has 16 heavy (non-hydrogen) atoms. The number of hydrogen-bond donors (Lipinski definition) is 2. The molecule has 1 aliphatic carbocycles. The summed E-state index contributed by atoms with van der Waals surface area (Å²) >= 11 is 0. The van der Waals surface area contributed by atoms with Crippen LogP contribution in [0.1, 0.15) is 33.1 Å². The van der Waals surface area contributed by atoms with E-state index in [9.17, 15) is 9.59 Å². The van der Waals surface area contributed by atoms with Crippen LogP contribution >= 0.6 is 0 Å². The number of allylic oxidation sites excluding steroid dienone is 2. The Kier molecular flexibility index (Phi) is 4.52. The summed E-state index contributed by atoms with van der Waals surface area (Å²) in [6, 6.07) is -0.323. The number of rotatable bonds is 4. The predicted octanol–water partition coefficient (Wildman–Crippen LogP) is 1.57. The molecule has 0 bridgehead atoms. The van der Waals surface area contributed by atoms with Crippen molar-refractivity contribution in [2.45, 2.75) is 39.2 Å². The molecule has 4 heteroatoms. The van der Waals surface area contributed by atoms with Gasteiger partial charge in [0.25, 0.3) is 0 Å². The van der Waals surface area contributed by atoms with E-state index in [0.717, 1.165) is 19.3 Å². The van der Waals surface area contributed by atoms with Crippen molar-refractivity contribution in [3.63, 3.8) is 0 Å². The van der Waals surface area contributed by atoms with E-state index in [1.54, 1.807) is 13.8 Å². The summed E-state index contributed by atoms with van der Waals surface area (Å²) in [6.07, 6.45) is 6.64. The lowest BCUT2D eigenvalue weighted by Gasteiger charge is -2.22. The second kappa shape index (κ2) is 5.68. The zero-order chi connectivity index (χ0) is 12.1. The fourth-order valence-electron chi connectivity index (χ4n) is 1.71. The van der Waals surface area contributed by atoms with E-state index in [1.807, 2.05) is 6.08 Å². The monoisotopic (exact) mass is 225 g/mol. The average Bonchev–Trinajstić information content (AvgIpc) is 2.28.